The lowest BCUT2D eigenvalue weighted by Crippen LogP contribution is -2.43. The van der Waals surface area contributed by atoms with Crippen LogP contribution in [0.5, 0.6) is 0 Å². The number of carbonyl (C=O) groups is 2. The van der Waals surface area contributed by atoms with Gasteiger partial charge in [0, 0.05) is 50.6 Å². The van der Waals surface area contributed by atoms with Gasteiger partial charge in [0.1, 0.15) is 0 Å². The summed E-state index contributed by atoms with van der Waals surface area (Å²) in [7, 11) is 0. The lowest BCUT2D eigenvalue weighted by Gasteiger charge is -2.40. The number of nitrogens with one attached hydrogen (secondary N) is 2. The highest BCUT2D eigenvalue weighted by Crippen LogP contribution is 2.39. The fraction of sp³-hybridized carbons (Fsp3) is 0.341. The Balaban J connectivity index is 1.05. The molecule has 5 aromatic rings. The Bertz CT molecular complexity index is 2050. The third kappa shape index (κ3) is 8.18. The van der Waals surface area contributed by atoms with Crippen molar-refractivity contribution in [3.63, 3.8) is 0 Å². The first kappa shape index (κ1) is 35.3. The number of aliphatic hydroxyl groups is 1. The number of para-hydroxylation sites is 2. The molecule has 0 bridgehead atoms. The molecule has 270 valence electrons. The van der Waals surface area contributed by atoms with Crippen molar-refractivity contribution in [2.45, 2.75) is 69.8 Å². The van der Waals surface area contributed by atoms with E-state index >= 15 is 0 Å². The lowest BCUT2D eigenvalue weighted by atomic mass is 9.97. The second-order valence-corrected chi connectivity index (χ2v) is 13.6. The molecule has 0 aliphatic carbocycles. The Labute approximate surface area is 301 Å². The maximum atomic E-state index is 12.8. The summed E-state index contributed by atoms with van der Waals surface area (Å²) in [5.41, 5.74) is 7.39. The number of aromatic amines is 1. The Morgan fingerprint density at radius 1 is 0.846 bits per heavy atom. The average molecular weight is 705 g/mol. The zero-order valence-corrected chi connectivity index (χ0v) is 28.9. The van der Waals surface area contributed by atoms with Gasteiger partial charge in [-0.3, -0.25) is 14.2 Å². The van der Waals surface area contributed by atoms with E-state index in [4.69, 9.17) is 14.6 Å². The van der Waals surface area contributed by atoms with Gasteiger partial charge in [-0.2, -0.15) is 0 Å². The largest absolute Gasteiger partial charge is 0.481 e. The van der Waals surface area contributed by atoms with Crippen LogP contribution in [0.4, 0.5) is 0 Å². The molecule has 3 atom stereocenters. The standard InChI is InChI=1S/C41H44N4O7/c46-26-27-9-11-29(12-10-27)37-23-33(25-44-21-19-32(20-22-44)45-36-8-4-3-7-35(36)43-41(45)50)51-40(52-37)30-15-13-28(14-16-30)34-6-2-1-5-31(34)24-42-38(47)17-18-39(48)49/h1-16,32-33,37,40,46H,17-26H2,(H,42,47)(H,43,50)(H,48,49)/t33-,37+,40+/m0/s1. The Kier molecular flexibility index (Phi) is 10.9. The maximum absolute atomic E-state index is 12.8. The van der Waals surface area contributed by atoms with Crippen LogP contribution in [0, 0.1) is 0 Å². The molecular weight excluding hydrogens is 660 g/mol. The maximum Gasteiger partial charge on any atom is 0.326 e. The minimum Gasteiger partial charge on any atom is -0.481 e. The predicted octanol–water partition coefficient (Wildman–Crippen LogP) is 5.85. The second-order valence-electron chi connectivity index (χ2n) is 13.6. The SMILES string of the molecule is O=C(O)CCC(=O)NCc1ccccc1-c1ccc([C@@H]2O[C@H](CN3CCC(n4c(=O)[nH]c5ccccc54)CC3)C[C@H](c3ccc(CO)cc3)O2)cc1. The number of carboxylic acid groups (broad SMARTS) is 1. The van der Waals surface area contributed by atoms with Crippen molar-refractivity contribution in [2.24, 2.45) is 0 Å². The quantitative estimate of drug-likeness (QED) is 0.127. The third-order valence-electron chi connectivity index (χ3n) is 10.2. The van der Waals surface area contributed by atoms with E-state index in [1.165, 1.54) is 0 Å². The van der Waals surface area contributed by atoms with E-state index in [1.54, 1.807) is 0 Å². The van der Waals surface area contributed by atoms with Crippen LogP contribution in [0.2, 0.25) is 0 Å². The van der Waals surface area contributed by atoms with E-state index in [0.717, 1.165) is 76.9 Å². The number of piperidine rings is 1. The summed E-state index contributed by atoms with van der Waals surface area (Å²) >= 11 is 0. The number of amides is 1. The summed E-state index contributed by atoms with van der Waals surface area (Å²) in [5.74, 6) is -1.30. The highest BCUT2D eigenvalue weighted by molar-refractivity contribution is 5.81. The van der Waals surface area contributed by atoms with Crippen molar-refractivity contribution in [2.75, 3.05) is 19.6 Å². The van der Waals surface area contributed by atoms with Gasteiger partial charge in [-0.05, 0) is 52.8 Å². The number of hydrogen-bond acceptors (Lipinski definition) is 7. The van der Waals surface area contributed by atoms with Crippen LogP contribution in [-0.2, 0) is 32.2 Å². The number of fused-ring (bicyclic) bond motifs is 1. The molecule has 11 heteroatoms. The molecule has 2 saturated heterocycles. The smallest absolute Gasteiger partial charge is 0.326 e. The number of benzene rings is 4. The summed E-state index contributed by atoms with van der Waals surface area (Å²) in [6.45, 7) is 2.72. The second kappa shape index (κ2) is 16.1. The number of aliphatic carboxylic acids is 1. The van der Waals surface area contributed by atoms with Gasteiger partial charge in [-0.15, -0.1) is 0 Å². The number of carboxylic acids is 1. The Morgan fingerprint density at radius 2 is 1.56 bits per heavy atom. The van der Waals surface area contributed by atoms with Crippen molar-refractivity contribution in [1.29, 1.82) is 0 Å². The molecule has 0 unspecified atom stereocenters. The van der Waals surface area contributed by atoms with Gasteiger partial charge in [-0.25, -0.2) is 4.79 Å². The fourth-order valence-electron chi connectivity index (χ4n) is 7.40. The molecule has 1 amide bonds. The van der Waals surface area contributed by atoms with Gasteiger partial charge in [0.05, 0.1) is 36.3 Å². The first-order chi connectivity index (χ1) is 25.3. The molecule has 7 rings (SSSR count). The zero-order valence-electron chi connectivity index (χ0n) is 28.9. The van der Waals surface area contributed by atoms with Crippen molar-refractivity contribution in [1.82, 2.24) is 19.8 Å². The van der Waals surface area contributed by atoms with Gasteiger partial charge in [-0.1, -0.05) is 84.9 Å². The number of ether oxygens (including phenoxy) is 2. The summed E-state index contributed by atoms with van der Waals surface area (Å²) in [6.07, 6.45) is 1.25. The van der Waals surface area contributed by atoms with Crippen LogP contribution in [0.25, 0.3) is 22.2 Å². The van der Waals surface area contributed by atoms with Gasteiger partial charge < -0.3 is 34.9 Å². The van der Waals surface area contributed by atoms with E-state index in [0.29, 0.717) is 13.0 Å². The molecule has 2 aliphatic heterocycles. The molecule has 3 heterocycles. The summed E-state index contributed by atoms with van der Waals surface area (Å²) in [6, 6.07) is 31.8. The number of imidazole rings is 1. The first-order valence-corrected chi connectivity index (χ1v) is 17.9. The minimum atomic E-state index is -1.00. The Morgan fingerprint density at radius 3 is 2.31 bits per heavy atom. The van der Waals surface area contributed by atoms with Crippen LogP contribution >= 0.6 is 0 Å². The number of aliphatic hydroxyl groups excluding tert-OH is 1. The highest BCUT2D eigenvalue weighted by Gasteiger charge is 2.34. The molecule has 4 aromatic carbocycles. The van der Waals surface area contributed by atoms with Crippen LogP contribution in [0.15, 0.2) is 102 Å². The molecule has 4 N–H and O–H groups in total. The van der Waals surface area contributed by atoms with Crippen LogP contribution < -0.4 is 11.0 Å². The van der Waals surface area contributed by atoms with Crippen molar-refractivity contribution in [3.8, 4) is 11.1 Å². The first-order valence-electron chi connectivity index (χ1n) is 17.9. The fourth-order valence-corrected chi connectivity index (χ4v) is 7.40. The van der Waals surface area contributed by atoms with E-state index < -0.39 is 12.3 Å². The summed E-state index contributed by atoms with van der Waals surface area (Å²) in [5, 5.41) is 21.3. The minimum absolute atomic E-state index is 0.0205. The van der Waals surface area contributed by atoms with Crippen LogP contribution in [0.1, 0.15) is 72.8 Å². The van der Waals surface area contributed by atoms with E-state index in [-0.39, 0.29) is 49.3 Å². The number of likely N-dealkylation sites (tertiary alicyclic amines) is 1. The number of nitrogens with zero attached hydrogens (tertiary/aromatic N) is 2. The van der Waals surface area contributed by atoms with Crippen molar-refractivity contribution >= 4 is 22.9 Å². The van der Waals surface area contributed by atoms with Gasteiger partial charge in [0.25, 0.3) is 0 Å². The summed E-state index contributed by atoms with van der Waals surface area (Å²) < 4.78 is 15.2. The molecule has 2 fully saturated rings. The lowest BCUT2D eigenvalue weighted by molar-refractivity contribution is -0.253. The van der Waals surface area contributed by atoms with Gasteiger partial charge >= 0.3 is 11.7 Å². The number of H-pyrrole nitrogens is 1. The van der Waals surface area contributed by atoms with Crippen molar-refractivity contribution < 1.29 is 29.3 Å². The highest BCUT2D eigenvalue weighted by atomic mass is 16.7. The molecular formula is C41H44N4O7. The number of rotatable bonds is 12. The van der Waals surface area contributed by atoms with Crippen LogP contribution in [-0.4, -0.2) is 62.3 Å². The molecule has 0 saturated carbocycles. The van der Waals surface area contributed by atoms with Gasteiger partial charge in [0.15, 0.2) is 6.29 Å². The monoisotopic (exact) mass is 704 g/mol. The number of hydrogen-bond donors (Lipinski definition) is 4. The third-order valence-corrected chi connectivity index (χ3v) is 10.2. The molecule has 2 aliphatic rings. The summed E-state index contributed by atoms with van der Waals surface area (Å²) in [4.78, 5) is 41.3. The molecule has 52 heavy (non-hydrogen) atoms. The molecule has 0 spiro atoms. The Hall–Kier alpha value is -5.07. The van der Waals surface area contributed by atoms with Crippen molar-refractivity contribution in [3.05, 3.63) is 130 Å². The van der Waals surface area contributed by atoms with E-state index in [1.807, 2.05) is 102 Å². The molecule has 1 aromatic heterocycles. The number of carbonyl (C=O) groups excluding carboxylic acids is 1. The zero-order chi connectivity index (χ0) is 36.0. The molecule has 0 radical (unpaired) electrons. The number of aromatic nitrogens is 2. The average Bonchev–Trinajstić information content (AvgIpc) is 3.52. The van der Waals surface area contributed by atoms with E-state index in [9.17, 15) is 19.5 Å². The molecule has 11 nitrogen and oxygen atoms in total. The topological polar surface area (TPSA) is 146 Å². The van der Waals surface area contributed by atoms with E-state index in [2.05, 4.69) is 15.2 Å². The normalized spacial score (nSPS) is 19.8. The van der Waals surface area contributed by atoms with Crippen LogP contribution in [0.3, 0.4) is 0 Å². The predicted molar refractivity (Wildman–Crippen MR) is 196 cm³/mol. The van der Waals surface area contributed by atoms with Gasteiger partial charge in [0.2, 0.25) is 5.91 Å².